The van der Waals surface area contributed by atoms with E-state index in [2.05, 4.69) is 5.32 Å². The van der Waals surface area contributed by atoms with Gasteiger partial charge in [0.15, 0.2) is 5.76 Å². The average Bonchev–Trinajstić information content (AvgIpc) is 3.04. The van der Waals surface area contributed by atoms with E-state index in [1.165, 1.54) is 0 Å². The van der Waals surface area contributed by atoms with Crippen LogP contribution in [0.25, 0.3) is 11.0 Å². The minimum absolute atomic E-state index is 0.218. The third-order valence-corrected chi connectivity index (χ3v) is 4.40. The summed E-state index contributed by atoms with van der Waals surface area (Å²) in [6.07, 6.45) is 2.05. The second-order valence-electron chi connectivity index (χ2n) is 5.79. The van der Waals surface area contributed by atoms with E-state index in [9.17, 15) is 14.7 Å². The van der Waals surface area contributed by atoms with Crippen molar-refractivity contribution in [3.63, 3.8) is 0 Å². The molecule has 1 fully saturated rings. The largest absolute Gasteiger partial charge is 0.481 e. The molecule has 0 saturated heterocycles. The number of carboxylic acid groups (broad SMARTS) is 1. The van der Waals surface area contributed by atoms with Crippen LogP contribution in [0, 0.1) is 5.41 Å². The number of nitrogens with one attached hydrogen (secondary N) is 1. The number of carbonyl (C=O) groups is 2. The Hall–Kier alpha value is -2.30. The third-order valence-electron chi connectivity index (χ3n) is 4.40. The van der Waals surface area contributed by atoms with Gasteiger partial charge in [-0.05, 0) is 31.9 Å². The lowest BCUT2D eigenvalue weighted by atomic mass is 9.85. The standard InChI is InChI=1S/C16H17NO4/c1-16(15(19)20)8-4-7-13(16)17-14(18)12-9-10-5-2-3-6-11(10)21-12/h2-3,5-6,9,13H,4,7-8H2,1H3,(H,17,18)(H,19,20). The van der Waals surface area contributed by atoms with Crippen LogP contribution in [0.5, 0.6) is 0 Å². The predicted molar refractivity (Wildman–Crippen MR) is 77.1 cm³/mol. The van der Waals surface area contributed by atoms with E-state index in [0.29, 0.717) is 18.4 Å². The molecule has 1 aliphatic carbocycles. The van der Waals surface area contributed by atoms with E-state index < -0.39 is 11.4 Å². The molecule has 1 saturated carbocycles. The fourth-order valence-corrected chi connectivity index (χ4v) is 2.98. The number of furan rings is 1. The summed E-state index contributed by atoms with van der Waals surface area (Å²) in [7, 11) is 0. The summed E-state index contributed by atoms with van der Waals surface area (Å²) in [5.41, 5.74) is -0.253. The van der Waals surface area contributed by atoms with Crippen LogP contribution < -0.4 is 5.32 Å². The van der Waals surface area contributed by atoms with Crippen molar-refractivity contribution in [2.45, 2.75) is 32.2 Å². The number of hydrogen-bond acceptors (Lipinski definition) is 3. The van der Waals surface area contributed by atoms with E-state index in [4.69, 9.17) is 4.42 Å². The first-order valence-electron chi connectivity index (χ1n) is 7.03. The highest BCUT2D eigenvalue weighted by Crippen LogP contribution is 2.38. The molecule has 2 aromatic rings. The lowest BCUT2D eigenvalue weighted by Crippen LogP contribution is -2.46. The van der Waals surface area contributed by atoms with Gasteiger partial charge in [0, 0.05) is 11.4 Å². The van der Waals surface area contributed by atoms with Crippen molar-refractivity contribution in [2.24, 2.45) is 5.41 Å². The normalized spacial score (nSPS) is 25.1. The number of amides is 1. The number of fused-ring (bicyclic) bond motifs is 1. The van der Waals surface area contributed by atoms with Gasteiger partial charge < -0.3 is 14.8 Å². The number of rotatable bonds is 3. The highest BCUT2D eigenvalue weighted by Gasteiger charge is 2.46. The van der Waals surface area contributed by atoms with Crippen LogP contribution in [0.15, 0.2) is 34.7 Å². The molecule has 0 spiro atoms. The molecular weight excluding hydrogens is 270 g/mol. The van der Waals surface area contributed by atoms with Crippen LogP contribution >= 0.6 is 0 Å². The van der Waals surface area contributed by atoms with E-state index in [1.807, 2.05) is 18.2 Å². The molecule has 5 nitrogen and oxygen atoms in total. The van der Waals surface area contributed by atoms with Gasteiger partial charge in [-0.25, -0.2) is 0 Å². The van der Waals surface area contributed by atoms with Crippen LogP contribution in [0.2, 0.25) is 0 Å². The Morgan fingerprint density at radius 1 is 1.38 bits per heavy atom. The van der Waals surface area contributed by atoms with Gasteiger partial charge in [0.2, 0.25) is 0 Å². The molecule has 0 aliphatic heterocycles. The first-order valence-corrected chi connectivity index (χ1v) is 7.03. The van der Waals surface area contributed by atoms with Gasteiger partial charge in [0.05, 0.1) is 5.41 Å². The van der Waals surface area contributed by atoms with Crippen molar-refractivity contribution >= 4 is 22.8 Å². The summed E-state index contributed by atoms with van der Waals surface area (Å²) in [6.45, 7) is 1.69. The maximum absolute atomic E-state index is 12.3. The second-order valence-corrected chi connectivity index (χ2v) is 5.79. The Morgan fingerprint density at radius 2 is 2.14 bits per heavy atom. The zero-order valence-corrected chi connectivity index (χ0v) is 11.8. The molecule has 1 heterocycles. The van der Waals surface area contributed by atoms with Gasteiger partial charge in [0.1, 0.15) is 5.58 Å². The van der Waals surface area contributed by atoms with Crippen molar-refractivity contribution in [2.75, 3.05) is 0 Å². The summed E-state index contributed by atoms with van der Waals surface area (Å²) in [5, 5.41) is 13.0. The van der Waals surface area contributed by atoms with Gasteiger partial charge >= 0.3 is 5.97 Å². The van der Waals surface area contributed by atoms with Crippen molar-refractivity contribution in [1.29, 1.82) is 0 Å². The van der Waals surface area contributed by atoms with Crippen LogP contribution in [0.1, 0.15) is 36.7 Å². The lowest BCUT2D eigenvalue weighted by molar-refractivity contribution is -0.148. The Kier molecular flexibility index (Phi) is 3.20. The number of benzene rings is 1. The summed E-state index contributed by atoms with van der Waals surface area (Å²) in [6, 6.07) is 8.69. The minimum atomic E-state index is -0.901. The number of carboxylic acids is 1. The Labute approximate surface area is 121 Å². The first kappa shape index (κ1) is 13.7. The first-order chi connectivity index (χ1) is 10.0. The maximum Gasteiger partial charge on any atom is 0.311 e. The predicted octanol–water partition coefficient (Wildman–Crippen LogP) is 2.81. The third kappa shape index (κ3) is 2.28. The topological polar surface area (TPSA) is 79.5 Å². The number of hydrogen-bond donors (Lipinski definition) is 2. The molecule has 2 atom stereocenters. The van der Waals surface area contributed by atoms with Gasteiger partial charge in [-0.1, -0.05) is 24.6 Å². The Bertz CT molecular complexity index is 672. The summed E-state index contributed by atoms with van der Waals surface area (Å²) in [5.74, 6) is -1.00. The van der Waals surface area contributed by atoms with Crippen LogP contribution in [-0.2, 0) is 4.79 Å². The van der Waals surface area contributed by atoms with Crippen molar-refractivity contribution < 1.29 is 19.1 Å². The van der Waals surface area contributed by atoms with Crippen LogP contribution in [-0.4, -0.2) is 23.0 Å². The molecule has 2 N–H and O–H groups in total. The maximum atomic E-state index is 12.3. The molecular formula is C16H17NO4. The number of carbonyl (C=O) groups excluding carboxylic acids is 1. The van der Waals surface area contributed by atoms with Crippen molar-refractivity contribution in [3.8, 4) is 0 Å². The fourth-order valence-electron chi connectivity index (χ4n) is 2.98. The summed E-state index contributed by atoms with van der Waals surface area (Å²) < 4.78 is 5.51. The number of para-hydroxylation sites is 1. The molecule has 1 aromatic heterocycles. The smallest absolute Gasteiger partial charge is 0.311 e. The molecule has 110 valence electrons. The minimum Gasteiger partial charge on any atom is -0.481 e. The molecule has 1 aromatic carbocycles. The van der Waals surface area contributed by atoms with Gasteiger partial charge in [0.25, 0.3) is 5.91 Å². The highest BCUT2D eigenvalue weighted by atomic mass is 16.4. The molecule has 3 rings (SSSR count). The van der Waals surface area contributed by atoms with Crippen molar-refractivity contribution in [1.82, 2.24) is 5.32 Å². The van der Waals surface area contributed by atoms with Gasteiger partial charge in [-0.3, -0.25) is 9.59 Å². The van der Waals surface area contributed by atoms with E-state index >= 15 is 0 Å². The fraction of sp³-hybridized carbons (Fsp3) is 0.375. The van der Waals surface area contributed by atoms with Gasteiger partial charge in [-0.2, -0.15) is 0 Å². The van der Waals surface area contributed by atoms with E-state index in [0.717, 1.165) is 11.8 Å². The number of aliphatic carboxylic acids is 1. The Morgan fingerprint density at radius 3 is 2.86 bits per heavy atom. The molecule has 5 heteroatoms. The monoisotopic (exact) mass is 287 g/mol. The van der Waals surface area contributed by atoms with Gasteiger partial charge in [-0.15, -0.1) is 0 Å². The quantitative estimate of drug-likeness (QED) is 0.909. The summed E-state index contributed by atoms with van der Waals surface area (Å²) in [4.78, 5) is 23.7. The molecule has 1 aliphatic rings. The van der Waals surface area contributed by atoms with Crippen LogP contribution in [0.3, 0.4) is 0 Å². The molecule has 2 unspecified atom stereocenters. The van der Waals surface area contributed by atoms with E-state index in [1.54, 1.807) is 19.1 Å². The summed E-state index contributed by atoms with van der Waals surface area (Å²) >= 11 is 0. The molecule has 21 heavy (non-hydrogen) atoms. The zero-order valence-electron chi connectivity index (χ0n) is 11.8. The SMILES string of the molecule is CC1(C(=O)O)CCCC1NC(=O)c1cc2ccccc2o1. The van der Waals surface area contributed by atoms with E-state index in [-0.39, 0.29) is 17.7 Å². The molecule has 0 bridgehead atoms. The second kappa shape index (κ2) is 4.91. The van der Waals surface area contributed by atoms with Crippen LogP contribution in [0.4, 0.5) is 0 Å². The molecule has 0 radical (unpaired) electrons. The zero-order chi connectivity index (χ0) is 15.0. The average molecular weight is 287 g/mol. The van der Waals surface area contributed by atoms with Crippen molar-refractivity contribution in [3.05, 3.63) is 36.1 Å². The Balaban J connectivity index is 1.81. The molecule has 1 amide bonds. The highest BCUT2D eigenvalue weighted by molar-refractivity contribution is 5.96. The lowest BCUT2D eigenvalue weighted by Gasteiger charge is -2.27.